The van der Waals surface area contributed by atoms with Crippen LogP contribution in [0.25, 0.3) is 64.6 Å². The second-order valence-electron chi connectivity index (χ2n) is 14.8. The predicted octanol–water partition coefficient (Wildman–Crippen LogP) is 24.2. The molecule has 78 heavy (non-hydrogen) atoms. The van der Waals surface area contributed by atoms with E-state index in [1.165, 1.54) is 86.9 Å². The zero-order valence-electron chi connectivity index (χ0n) is 53.0. The second-order valence-corrected chi connectivity index (χ2v) is 14.8. The van der Waals surface area contributed by atoms with Gasteiger partial charge in [0, 0.05) is 82.2 Å². The Bertz CT molecular complexity index is 2240. The van der Waals surface area contributed by atoms with E-state index in [4.69, 9.17) is 0 Å². The number of hydrogen-bond donors (Lipinski definition) is 0. The Morgan fingerprint density at radius 1 is 0.244 bits per heavy atom. The summed E-state index contributed by atoms with van der Waals surface area (Å²) in [5.41, 5.74) is 5.72. The van der Waals surface area contributed by atoms with Crippen molar-refractivity contribution in [1.29, 1.82) is 0 Å². The summed E-state index contributed by atoms with van der Waals surface area (Å²) in [5.74, 6) is 0. The van der Waals surface area contributed by atoms with Crippen LogP contribution in [0.5, 0.6) is 0 Å². The summed E-state index contributed by atoms with van der Waals surface area (Å²) in [5, 5.41) is 16.1. The molecular weight excluding hydrogens is 1090 g/mol. The molecule has 10 rings (SSSR count). The second kappa shape index (κ2) is 59.2. The quantitative estimate of drug-likeness (QED) is 0.0919. The predicted molar refractivity (Wildman–Crippen MR) is 363 cm³/mol. The molecule has 0 bridgehead atoms. The zero-order valence-corrected chi connectivity index (χ0v) is 58.7. The average Bonchev–Trinajstić information content (AvgIpc) is 3.47. The van der Waals surface area contributed by atoms with Gasteiger partial charge in [-0.15, -0.1) is 0 Å². The first-order valence-corrected chi connectivity index (χ1v) is 27.7. The van der Waals surface area contributed by atoms with Gasteiger partial charge in [0.2, 0.25) is 0 Å². The Hall–Kier alpha value is -3.90. The molecule has 0 atom stereocenters. The summed E-state index contributed by atoms with van der Waals surface area (Å²) >= 11 is 0. The molecule has 0 aliphatic rings. The SMILES string of the molecule is CC.CC.CC.CC.CC.CC.CCc1ccccc1C.CCc1ccccc1C.[B].[B].[CH2-]CC.[CH2-]CC.[CH3-].[CH3-].[Y].[Y].c1ccc2c(c1)c1ccccc1c1ccccc21.c1ccc2c(c1)c1ccccc1c1ccccc21. The standard InChI is InChI=1S/2C18H12.2C9H12.2C3H7.6C2H6.2CH3.2B.2Y/c2*1-2-8-14-13(7-1)15-9-3-4-11-17(15)18-12-6-5-10-16(14)18;2*1-3-9-7-5-4-6-8(9)2;2*1-3-2;6*1-2;;;;;;/h2*1-12H;2*4-7H,3H2,1-2H3;2*1,3H2,2H3;6*1-2H3;2*1H3;;;;/q;;;;2*-1;;;;;;;2*-1;;;;. The van der Waals surface area contributed by atoms with Crippen molar-refractivity contribution in [1.82, 2.24) is 0 Å². The fourth-order valence-electron chi connectivity index (χ4n) is 7.73. The molecule has 0 nitrogen and oxygen atoms in total. The van der Waals surface area contributed by atoms with Gasteiger partial charge in [-0.05, 0) is 114 Å². The van der Waals surface area contributed by atoms with Crippen LogP contribution >= 0.6 is 0 Å². The Balaban J connectivity index is -0.000000128. The van der Waals surface area contributed by atoms with E-state index in [-0.39, 0.29) is 97.1 Å². The van der Waals surface area contributed by atoms with Crippen LogP contribution < -0.4 is 0 Å². The van der Waals surface area contributed by atoms with Gasteiger partial charge in [-0.2, -0.15) is 12.8 Å². The molecule has 0 aromatic heterocycles. The van der Waals surface area contributed by atoms with Crippen LogP contribution in [0.1, 0.15) is 146 Å². The molecule has 0 saturated carbocycles. The molecular formula is C74H104B2Y2-4. The topological polar surface area (TPSA) is 0 Å². The molecule has 0 aliphatic heterocycles. The van der Waals surface area contributed by atoms with E-state index in [2.05, 4.69) is 236 Å². The van der Waals surface area contributed by atoms with Crippen molar-refractivity contribution in [2.45, 2.75) is 150 Å². The van der Waals surface area contributed by atoms with Crippen molar-refractivity contribution in [3.8, 4) is 0 Å². The van der Waals surface area contributed by atoms with Crippen molar-refractivity contribution in [3.05, 3.63) is 245 Å². The van der Waals surface area contributed by atoms with E-state index in [0.29, 0.717) is 0 Å². The maximum absolute atomic E-state index is 3.49. The van der Waals surface area contributed by atoms with Gasteiger partial charge in [0.15, 0.2) is 0 Å². The first kappa shape index (κ1) is 90.6. The van der Waals surface area contributed by atoms with Crippen molar-refractivity contribution < 1.29 is 65.4 Å². The summed E-state index contributed by atoms with van der Waals surface area (Å²) < 4.78 is 0. The first-order valence-electron chi connectivity index (χ1n) is 27.7. The number of hydrogen-bond acceptors (Lipinski definition) is 0. The largest absolute Gasteiger partial charge is 0.358 e. The molecule has 0 N–H and O–H groups in total. The zero-order chi connectivity index (χ0) is 54.7. The van der Waals surface area contributed by atoms with Gasteiger partial charge in [-0.25, -0.2) is 0 Å². The van der Waals surface area contributed by atoms with Crippen LogP contribution in [-0.4, -0.2) is 16.8 Å². The molecule has 4 heteroatoms. The Morgan fingerprint density at radius 3 is 0.436 bits per heavy atom. The van der Waals surface area contributed by atoms with Crippen molar-refractivity contribution >= 4 is 81.5 Å². The first-order chi connectivity index (χ1) is 35.4. The third kappa shape index (κ3) is 29.0. The third-order valence-corrected chi connectivity index (χ3v) is 10.6. The molecule has 0 unspecified atom stereocenters. The Kier molecular flexibility index (Phi) is 68.8. The summed E-state index contributed by atoms with van der Waals surface area (Å²) in [6.45, 7) is 43.7. The number of fused-ring (bicyclic) bond motifs is 12. The van der Waals surface area contributed by atoms with Crippen LogP contribution in [-0.2, 0) is 78.3 Å². The minimum atomic E-state index is 0. The fourth-order valence-corrected chi connectivity index (χ4v) is 7.73. The minimum absolute atomic E-state index is 0. The van der Waals surface area contributed by atoms with Gasteiger partial charge >= 0.3 is 0 Å². The molecule has 10 aromatic carbocycles. The van der Waals surface area contributed by atoms with Gasteiger partial charge in [-0.1, -0.05) is 305 Å². The summed E-state index contributed by atoms with van der Waals surface area (Å²) in [6.07, 6.45) is 4.29. The molecule has 0 saturated heterocycles. The fraction of sp³-hybridized carbons (Fsp3) is 0.297. The average molecular weight is 1190 g/mol. The van der Waals surface area contributed by atoms with E-state index in [1.807, 2.05) is 96.9 Å². The van der Waals surface area contributed by atoms with Gasteiger partial charge in [0.05, 0.1) is 0 Å². The van der Waals surface area contributed by atoms with E-state index in [0.717, 1.165) is 25.7 Å². The smallest absolute Gasteiger partial charge is 0 e. The van der Waals surface area contributed by atoms with Crippen LogP contribution in [0.2, 0.25) is 0 Å². The molecule has 0 amide bonds. The Labute approximate surface area is 537 Å². The molecule has 0 fully saturated rings. The van der Waals surface area contributed by atoms with Crippen molar-refractivity contribution in [3.63, 3.8) is 0 Å². The summed E-state index contributed by atoms with van der Waals surface area (Å²) in [4.78, 5) is 0. The number of benzene rings is 10. The third-order valence-electron chi connectivity index (χ3n) is 10.6. The number of aryl methyl sites for hydroxylation is 4. The van der Waals surface area contributed by atoms with E-state index in [1.54, 1.807) is 0 Å². The molecule has 0 aliphatic carbocycles. The van der Waals surface area contributed by atoms with Gasteiger partial charge in [0.1, 0.15) is 0 Å². The van der Waals surface area contributed by atoms with Gasteiger partial charge in [0.25, 0.3) is 0 Å². The van der Waals surface area contributed by atoms with E-state index >= 15 is 0 Å². The molecule has 416 valence electrons. The van der Waals surface area contributed by atoms with Crippen molar-refractivity contribution in [2.24, 2.45) is 0 Å². The van der Waals surface area contributed by atoms with Crippen LogP contribution in [0.3, 0.4) is 0 Å². The Morgan fingerprint density at radius 2 is 0.346 bits per heavy atom. The maximum atomic E-state index is 3.49. The van der Waals surface area contributed by atoms with Gasteiger partial charge in [-0.3, -0.25) is 0 Å². The van der Waals surface area contributed by atoms with Crippen LogP contribution in [0, 0.1) is 42.5 Å². The summed E-state index contributed by atoms with van der Waals surface area (Å²) in [7, 11) is 0. The number of rotatable bonds is 2. The molecule has 10 aromatic rings. The molecule has 0 heterocycles. The minimum Gasteiger partial charge on any atom is -0.358 e. The molecule has 0 spiro atoms. The normalized spacial score (nSPS) is 8.36. The summed E-state index contributed by atoms with van der Waals surface area (Å²) in [6, 6.07) is 68.9. The van der Waals surface area contributed by atoms with Gasteiger partial charge < -0.3 is 28.7 Å². The monoisotopic (exact) mass is 1190 g/mol. The van der Waals surface area contributed by atoms with Crippen LogP contribution in [0.15, 0.2) is 194 Å². The van der Waals surface area contributed by atoms with E-state index in [9.17, 15) is 0 Å². The van der Waals surface area contributed by atoms with Crippen LogP contribution in [0.4, 0.5) is 0 Å². The van der Waals surface area contributed by atoms with Crippen molar-refractivity contribution in [2.75, 3.05) is 0 Å². The maximum Gasteiger partial charge on any atom is 0 e. The molecule has 8 radical (unpaired) electrons. The van der Waals surface area contributed by atoms with E-state index < -0.39 is 0 Å².